The fourth-order valence-electron chi connectivity index (χ4n) is 0.362. The molecule has 0 bridgehead atoms. The van der Waals surface area contributed by atoms with Crippen molar-refractivity contribution in [3.63, 3.8) is 0 Å². The first-order valence-electron chi connectivity index (χ1n) is 2.06. The second-order valence-electron chi connectivity index (χ2n) is 1.24. The standard InChI is InChI=1S/C4H5NS3/c6-4(7)3-5-1-2-8-3/h1-2,4,6-7H. The Morgan fingerprint density at radius 1 is 1.62 bits per heavy atom. The minimum Gasteiger partial charge on any atom is -0.248 e. The van der Waals surface area contributed by atoms with E-state index in [-0.39, 0.29) is 4.58 Å². The Kier molecular flexibility index (Phi) is 2.22. The maximum Gasteiger partial charge on any atom is 0.115 e. The van der Waals surface area contributed by atoms with Gasteiger partial charge < -0.3 is 0 Å². The molecule has 0 saturated heterocycles. The third-order valence-electron chi connectivity index (χ3n) is 0.672. The smallest absolute Gasteiger partial charge is 0.115 e. The normalized spacial score (nSPS) is 10.4. The van der Waals surface area contributed by atoms with Crippen LogP contribution in [0.4, 0.5) is 0 Å². The van der Waals surface area contributed by atoms with E-state index in [0.29, 0.717) is 0 Å². The first-order chi connectivity index (χ1) is 3.80. The minimum atomic E-state index is -0.0185. The predicted molar refractivity (Wildman–Crippen MR) is 42.8 cm³/mol. The Hall–Kier alpha value is 0.330. The molecular formula is C4H5NS3. The Labute approximate surface area is 63.0 Å². The van der Waals surface area contributed by atoms with Crippen molar-refractivity contribution < 1.29 is 0 Å². The van der Waals surface area contributed by atoms with Crippen molar-refractivity contribution in [1.29, 1.82) is 0 Å². The Balaban J connectivity index is 2.77. The number of aromatic nitrogens is 1. The summed E-state index contributed by atoms with van der Waals surface area (Å²) in [4.78, 5) is 3.98. The van der Waals surface area contributed by atoms with Crippen molar-refractivity contribution in [3.05, 3.63) is 16.6 Å². The molecule has 0 amide bonds. The quantitative estimate of drug-likeness (QED) is 0.477. The molecule has 8 heavy (non-hydrogen) atoms. The van der Waals surface area contributed by atoms with Gasteiger partial charge in [0.1, 0.15) is 5.01 Å². The third-order valence-corrected chi connectivity index (χ3v) is 2.35. The summed E-state index contributed by atoms with van der Waals surface area (Å²) in [6.07, 6.45) is 1.75. The maximum atomic E-state index is 4.07. The lowest BCUT2D eigenvalue weighted by Crippen LogP contribution is -1.74. The number of rotatable bonds is 1. The molecule has 0 aromatic carbocycles. The number of thiazole rings is 1. The molecule has 44 valence electrons. The third kappa shape index (κ3) is 1.40. The monoisotopic (exact) mass is 163 g/mol. The summed E-state index contributed by atoms with van der Waals surface area (Å²) >= 11 is 9.70. The van der Waals surface area contributed by atoms with Crippen LogP contribution < -0.4 is 0 Å². The molecule has 0 fully saturated rings. The average Bonchev–Trinajstić information content (AvgIpc) is 2.12. The summed E-state index contributed by atoms with van der Waals surface area (Å²) in [5.74, 6) is 0. The summed E-state index contributed by atoms with van der Waals surface area (Å²) in [6.45, 7) is 0. The molecule has 0 N–H and O–H groups in total. The van der Waals surface area contributed by atoms with Crippen LogP contribution in [0.1, 0.15) is 9.59 Å². The van der Waals surface area contributed by atoms with E-state index in [0.717, 1.165) is 5.01 Å². The highest BCUT2D eigenvalue weighted by Gasteiger charge is 1.99. The lowest BCUT2D eigenvalue weighted by atomic mass is 10.8. The number of thiol groups is 2. The van der Waals surface area contributed by atoms with E-state index in [1.165, 1.54) is 0 Å². The molecule has 1 heterocycles. The van der Waals surface area contributed by atoms with E-state index < -0.39 is 0 Å². The van der Waals surface area contributed by atoms with Crippen molar-refractivity contribution in [3.8, 4) is 0 Å². The van der Waals surface area contributed by atoms with Crippen LogP contribution >= 0.6 is 36.6 Å². The summed E-state index contributed by atoms with van der Waals surface area (Å²) in [5.41, 5.74) is 0. The SMILES string of the molecule is SC(S)c1nccs1. The lowest BCUT2D eigenvalue weighted by molar-refractivity contribution is 1.26. The molecule has 0 saturated carbocycles. The van der Waals surface area contributed by atoms with E-state index in [1.807, 2.05) is 5.38 Å². The molecule has 1 aromatic rings. The fraction of sp³-hybridized carbons (Fsp3) is 0.250. The van der Waals surface area contributed by atoms with Gasteiger partial charge in [0.15, 0.2) is 0 Å². The second kappa shape index (κ2) is 2.75. The van der Waals surface area contributed by atoms with Gasteiger partial charge in [0.2, 0.25) is 0 Å². The van der Waals surface area contributed by atoms with Crippen LogP contribution in [0.25, 0.3) is 0 Å². The van der Waals surface area contributed by atoms with Gasteiger partial charge in [0.25, 0.3) is 0 Å². The van der Waals surface area contributed by atoms with Gasteiger partial charge in [-0.15, -0.1) is 11.3 Å². The van der Waals surface area contributed by atoms with Gasteiger partial charge in [-0.2, -0.15) is 25.3 Å². The molecule has 0 aliphatic rings. The summed E-state index contributed by atoms with van der Waals surface area (Å²) < 4.78 is -0.0185. The molecular weight excluding hydrogens is 158 g/mol. The molecule has 0 aliphatic heterocycles. The van der Waals surface area contributed by atoms with Crippen LogP contribution in [0.2, 0.25) is 0 Å². The first-order valence-corrected chi connectivity index (χ1v) is 3.97. The Bertz CT molecular complexity index is 146. The van der Waals surface area contributed by atoms with Gasteiger partial charge in [0.05, 0.1) is 4.58 Å². The molecule has 4 heteroatoms. The van der Waals surface area contributed by atoms with Crippen LogP contribution in [0.15, 0.2) is 11.6 Å². The Morgan fingerprint density at radius 2 is 2.38 bits per heavy atom. The summed E-state index contributed by atoms with van der Waals surface area (Å²) in [5, 5.41) is 2.87. The van der Waals surface area contributed by atoms with E-state index >= 15 is 0 Å². The largest absolute Gasteiger partial charge is 0.248 e. The van der Waals surface area contributed by atoms with Crippen molar-refractivity contribution in [2.45, 2.75) is 4.58 Å². The fourth-order valence-corrected chi connectivity index (χ4v) is 1.37. The number of hydrogen-bond acceptors (Lipinski definition) is 4. The first kappa shape index (κ1) is 6.45. The van der Waals surface area contributed by atoms with Crippen LogP contribution in [0, 0.1) is 0 Å². The predicted octanol–water partition coefficient (Wildman–Crippen LogP) is 2.00. The van der Waals surface area contributed by atoms with Crippen LogP contribution in [0.5, 0.6) is 0 Å². The van der Waals surface area contributed by atoms with Gasteiger partial charge >= 0.3 is 0 Å². The molecule has 0 unspecified atom stereocenters. The molecule has 1 rings (SSSR count). The summed E-state index contributed by atoms with van der Waals surface area (Å²) in [6, 6.07) is 0. The molecule has 0 spiro atoms. The molecule has 1 aromatic heterocycles. The molecule has 0 aliphatic carbocycles. The molecule has 0 radical (unpaired) electrons. The zero-order valence-electron chi connectivity index (χ0n) is 3.98. The average molecular weight is 163 g/mol. The maximum absolute atomic E-state index is 4.07. The molecule has 1 nitrogen and oxygen atoms in total. The van der Waals surface area contributed by atoms with E-state index in [2.05, 4.69) is 30.2 Å². The van der Waals surface area contributed by atoms with Crippen molar-refractivity contribution in [1.82, 2.24) is 4.98 Å². The van der Waals surface area contributed by atoms with Crippen LogP contribution in [-0.2, 0) is 0 Å². The highest BCUT2D eigenvalue weighted by Crippen LogP contribution is 2.24. The van der Waals surface area contributed by atoms with Crippen molar-refractivity contribution in [2.24, 2.45) is 0 Å². The Morgan fingerprint density at radius 3 is 2.62 bits per heavy atom. The van der Waals surface area contributed by atoms with Gasteiger partial charge in [-0.1, -0.05) is 0 Å². The second-order valence-corrected chi connectivity index (χ2v) is 3.61. The van der Waals surface area contributed by atoms with E-state index in [1.54, 1.807) is 17.5 Å². The molecule has 0 atom stereocenters. The zero-order valence-corrected chi connectivity index (χ0v) is 6.59. The van der Waals surface area contributed by atoms with E-state index in [4.69, 9.17) is 0 Å². The summed E-state index contributed by atoms with van der Waals surface area (Å²) in [7, 11) is 0. The topological polar surface area (TPSA) is 12.9 Å². The minimum absolute atomic E-state index is 0.0185. The lowest BCUT2D eigenvalue weighted by Gasteiger charge is -1.92. The van der Waals surface area contributed by atoms with Gasteiger partial charge in [0, 0.05) is 11.6 Å². The van der Waals surface area contributed by atoms with Gasteiger partial charge in [-0.25, -0.2) is 4.98 Å². The number of nitrogens with zero attached hydrogens (tertiary/aromatic N) is 1. The van der Waals surface area contributed by atoms with Crippen LogP contribution in [0.3, 0.4) is 0 Å². The zero-order chi connectivity index (χ0) is 5.98. The number of hydrogen-bond donors (Lipinski definition) is 2. The van der Waals surface area contributed by atoms with E-state index in [9.17, 15) is 0 Å². The highest BCUT2D eigenvalue weighted by atomic mass is 32.2. The van der Waals surface area contributed by atoms with Crippen molar-refractivity contribution >= 4 is 36.6 Å². The van der Waals surface area contributed by atoms with Crippen molar-refractivity contribution in [2.75, 3.05) is 0 Å². The van der Waals surface area contributed by atoms with Crippen LogP contribution in [-0.4, -0.2) is 4.98 Å². The van der Waals surface area contributed by atoms with Gasteiger partial charge in [-0.3, -0.25) is 0 Å². The highest BCUT2D eigenvalue weighted by molar-refractivity contribution is 7.98. The van der Waals surface area contributed by atoms with Gasteiger partial charge in [-0.05, 0) is 0 Å².